The first-order chi connectivity index (χ1) is 15.0. The smallest absolute Gasteiger partial charge is 0.291 e. The van der Waals surface area contributed by atoms with E-state index in [4.69, 9.17) is 13.9 Å². The summed E-state index contributed by atoms with van der Waals surface area (Å²) in [5.74, 6) is -0.284. The van der Waals surface area contributed by atoms with E-state index in [0.717, 1.165) is 18.9 Å². The standard InChI is InChI=1S/C23H22N2O6/c1-29-19-11-15(23(28)25-9-5-6-10-25)16(12-20(19)30-2)24-22(27)21-13-17(26)14-7-3-4-8-18(14)31-21/h3-4,7-8,11-13H,5-6,9-10H2,1-2H3,(H,24,27). The normalized spacial score (nSPS) is 13.3. The molecular formula is C23H22N2O6. The number of ether oxygens (including phenoxy) is 2. The van der Waals surface area contributed by atoms with Gasteiger partial charge < -0.3 is 24.1 Å². The summed E-state index contributed by atoms with van der Waals surface area (Å²) in [6.45, 7) is 1.31. The molecule has 2 amide bonds. The van der Waals surface area contributed by atoms with Crippen LogP contribution in [0.5, 0.6) is 11.5 Å². The van der Waals surface area contributed by atoms with Crippen molar-refractivity contribution in [3.05, 3.63) is 64.0 Å². The fourth-order valence-corrected chi connectivity index (χ4v) is 3.65. The highest BCUT2D eigenvalue weighted by Gasteiger charge is 2.25. The van der Waals surface area contributed by atoms with Gasteiger partial charge in [0.05, 0.1) is 30.9 Å². The van der Waals surface area contributed by atoms with Gasteiger partial charge in [-0.3, -0.25) is 14.4 Å². The second-order valence-corrected chi connectivity index (χ2v) is 7.18. The lowest BCUT2D eigenvalue weighted by molar-refractivity contribution is 0.0793. The highest BCUT2D eigenvalue weighted by atomic mass is 16.5. The maximum Gasteiger partial charge on any atom is 0.291 e. The number of fused-ring (bicyclic) bond motifs is 1. The molecule has 8 heteroatoms. The fraction of sp³-hybridized carbons (Fsp3) is 0.261. The van der Waals surface area contributed by atoms with Gasteiger partial charge in [-0.2, -0.15) is 0 Å². The van der Waals surface area contributed by atoms with Crippen molar-refractivity contribution < 1.29 is 23.5 Å². The highest BCUT2D eigenvalue weighted by molar-refractivity contribution is 6.08. The van der Waals surface area contributed by atoms with E-state index in [2.05, 4.69) is 5.32 Å². The molecule has 1 fully saturated rings. The fourth-order valence-electron chi connectivity index (χ4n) is 3.65. The lowest BCUT2D eigenvalue weighted by atomic mass is 10.1. The van der Waals surface area contributed by atoms with Crippen LogP contribution in [-0.2, 0) is 0 Å². The van der Waals surface area contributed by atoms with Crippen LogP contribution in [0.4, 0.5) is 5.69 Å². The molecule has 0 unspecified atom stereocenters. The summed E-state index contributed by atoms with van der Waals surface area (Å²) in [6, 6.07) is 10.9. The van der Waals surface area contributed by atoms with E-state index in [-0.39, 0.29) is 28.3 Å². The Morgan fingerprint density at radius 2 is 1.68 bits per heavy atom. The number of anilines is 1. The van der Waals surface area contributed by atoms with Crippen molar-refractivity contribution in [2.75, 3.05) is 32.6 Å². The SMILES string of the molecule is COc1cc(NC(=O)c2cc(=O)c3ccccc3o2)c(C(=O)N2CCCC2)cc1OC. The van der Waals surface area contributed by atoms with Crippen LogP contribution in [0.1, 0.15) is 33.8 Å². The highest BCUT2D eigenvalue weighted by Crippen LogP contribution is 2.34. The summed E-state index contributed by atoms with van der Waals surface area (Å²) < 4.78 is 16.3. The zero-order valence-electron chi connectivity index (χ0n) is 17.3. The monoisotopic (exact) mass is 422 g/mol. The van der Waals surface area contributed by atoms with Gasteiger partial charge in [-0.15, -0.1) is 0 Å². The first kappa shape index (κ1) is 20.5. The maximum atomic E-state index is 13.1. The summed E-state index contributed by atoms with van der Waals surface area (Å²) in [4.78, 5) is 40.1. The van der Waals surface area contributed by atoms with Gasteiger partial charge in [0.15, 0.2) is 22.7 Å². The van der Waals surface area contributed by atoms with Crippen LogP contribution in [-0.4, -0.2) is 44.0 Å². The molecule has 0 atom stereocenters. The Kier molecular flexibility index (Phi) is 5.62. The Labute approximate surface area is 178 Å². The topological polar surface area (TPSA) is 98.1 Å². The maximum absolute atomic E-state index is 13.1. The number of amides is 2. The number of nitrogens with zero attached hydrogens (tertiary/aromatic N) is 1. The molecule has 0 saturated carbocycles. The number of methoxy groups -OCH3 is 2. The quantitative estimate of drug-likeness (QED) is 0.678. The van der Waals surface area contributed by atoms with E-state index >= 15 is 0 Å². The van der Waals surface area contributed by atoms with E-state index in [9.17, 15) is 14.4 Å². The third kappa shape index (κ3) is 3.96. The number of carbonyl (C=O) groups excluding carboxylic acids is 2. The minimum absolute atomic E-state index is 0.155. The zero-order chi connectivity index (χ0) is 22.0. The molecule has 31 heavy (non-hydrogen) atoms. The third-order valence-corrected chi connectivity index (χ3v) is 5.25. The molecule has 8 nitrogen and oxygen atoms in total. The van der Waals surface area contributed by atoms with Crippen LogP contribution in [0.25, 0.3) is 11.0 Å². The minimum Gasteiger partial charge on any atom is -0.493 e. The van der Waals surface area contributed by atoms with Gasteiger partial charge >= 0.3 is 0 Å². The first-order valence-electron chi connectivity index (χ1n) is 9.91. The van der Waals surface area contributed by atoms with Gasteiger partial charge in [-0.1, -0.05) is 12.1 Å². The summed E-state index contributed by atoms with van der Waals surface area (Å²) in [5, 5.41) is 3.08. The number of benzene rings is 2. The Morgan fingerprint density at radius 3 is 2.39 bits per heavy atom. The molecule has 1 N–H and O–H groups in total. The molecule has 0 spiro atoms. The largest absolute Gasteiger partial charge is 0.493 e. The Hall–Kier alpha value is -3.81. The van der Waals surface area contributed by atoms with E-state index < -0.39 is 5.91 Å². The third-order valence-electron chi connectivity index (χ3n) is 5.25. The van der Waals surface area contributed by atoms with Crippen LogP contribution >= 0.6 is 0 Å². The Morgan fingerprint density at radius 1 is 1.00 bits per heavy atom. The van der Waals surface area contributed by atoms with Crippen molar-refractivity contribution in [2.45, 2.75) is 12.8 Å². The molecule has 4 rings (SSSR count). The van der Waals surface area contributed by atoms with Crippen LogP contribution < -0.4 is 20.2 Å². The molecule has 1 aliphatic rings. The summed E-state index contributed by atoms with van der Waals surface area (Å²) >= 11 is 0. The van der Waals surface area contributed by atoms with E-state index in [0.29, 0.717) is 35.6 Å². The molecule has 2 aromatic carbocycles. The predicted octanol–water partition coefficient (Wildman–Crippen LogP) is 3.30. The van der Waals surface area contributed by atoms with E-state index in [1.165, 1.54) is 20.3 Å². The first-order valence-corrected chi connectivity index (χ1v) is 9.91. The van der Waals surface area contributed by atoms with Crippen molar-refractivity contribution >= 4 is 28.5 Å². The summed E-state index contributed by atoms with van der Waals surface area (Å²) in [7, 11) is 2.94. The van der Waals surface area contributed by atoms with Crippen LogP contribution in [0, 0.1) is 0 Å². The molecule has 160 valence electrons. The number of hydrogen-bond acceptors (Lipinski definition) is 6. The van der Waals surface area contributed by atoms with Crippen LogP contribution in [0.15, 0.2) is 51.7 Å². The predicted molar refractivity (Wildman–Crippen MR) is 115 cm³/mol. The van der Waals surface area contributed by atoms with E-state index in [1.807, 2.05) is 0 Å². The van der Waals surface area contributed by atoms with Crippen molar-refractivity contribution in [3.63, 3.8) is 0 Å². The molecule has 1 aliphatic heterocycles. The number of likely N-dealkylation sites (tertiary alicyclic amines) is 1. The lowest BCUT2D eigenvalue weighted by Gasteiger charge is -2.20. The Bertz CT molecular complexity index is 1210. The molecule has 1 saturated heterocycles. The number of hydrogen-bond donors (Lipinski definition) is 1. The average molecular weight is 422 g/mol. The molecule has 2 heterocycles. The lowest BCUT2D eigenvalue weighted by Crippen LogP contribution is -2.29. The van der Waals surface area contributed by atoms with Gasteiger partial charge in [0.2, 0.25) is 0 Å². The molecule has 1 aromatic heterocycles. The minimum atomic E-state index is -0.648. The van der Waals surface area contributed by atoms with Gasteiger partial charge in [0.25, 0.3) is 11.8 Å². The van der Waals surface area contributed by atoms with Crippen molar-refractivity contribution in [1.82, 2.24) is 4.90 Å². The molecule has 0 bridgehead atoms. The van der Waals surface area contributed by atoms with Gasteiger partial charge in [-0.05, 0) is 31.0 Å². The number of carbonyl (C=O) groups is 2. The summed E-state index contributed by atoms with van der Waals surface area (Å²) in [5.41, 5.74) is 0.500. The molecule has 3 aromatic rings. The van der Waals surface area contributed by atoms with Crippen LogP contribution in [0.3, 0.4) is 0 Å². The zero-order valence-corrected chi connectivity index (χ0v) is 17.3. The van der Waals surface area contributed by atoms with Crippen molar-refractivity contribution in [3.8, 4) is 11.5 Å². The van der Waals surface area contributed by atoms with Crippen molar-refractivity contribution in [1.29, 1.82) is 0 Å². The Balaban J connectivity index is 1.73. The molecular weight excluding hydrogens is 400 g/mol. The van der Waals surface area contributed by atoms with Gasteiger partial charge in [0, 0.05) is 25.2 Å². The number of nitrogens with one attached hydrogen (secondary N) is 1. The van der Waals surface area contributed by atoms with E-state index in [1.54, 1.807) is 35.2 Å². The molecule has 0 radical (unpaired) electrons. The summed E-state index contributed by atoms with van der Waals surface area (Å²) in [6.07, 6.45) is 1.87. The second-order valence-electron chi connectivity index (χ2n) is 7.18. The number of para-hydroxylation sites is 1. The van der Waals surface area contributed by atoms with Crippen LogP contribution in [0.2, 0.25) is 0 Å². The van der Waals surface area contributed by atoms with Gasteiger partial charge in [0.1, 0.15) is 5.58 Å². The van der Waals surface area contributed by atoms with Crippen molar-refractivity contribution in [2.24, 2.45) is 0 Å². The average Bonchev–Trinajstić information content (AvgIpc) is 3.33. The van der Waals surface area contributed by atoms with Gasteiger partial charge in [-0.25, -0.2) is 0 Å². The molecule has 0 aliphatic carbocycles. The second kappa shape index (κ2) is 8.51. The number of rotatable bonds is 5.